The Morgan fingerprint density at radius 2 is 1.93 bits per heavy atom. The van der Waals surface area contributed by atoms with Crippen LogP contribution in [0.5, 0.6) is 0 Å². The van der Waals surface area contributed by atoms with Gasteiger partial charge in [-0.05, 0) is 32.3 Å². The van der Waals surface area contributed by atoms with Crippen molar-refractivity contribution >= 4 is 11.6 Å². The number of benzene rings is 1. The molecule has 3 aromatic rings. The SMILES string of the molecule is COC1CCCCC1NC(=O)c1c(C)nc2c(-c3ccccc3)c(C)[nH]n2c1=O. The number of ether oxygens (including phenoxy) is 1. The maximum absolute atomic E-state index is 13.2. The lowest BCUT2D eigenvalue weighted by molar-refractivity contribution is 0.0392. The highest BCUT2D eigenvalue weighted by molar-refractivity contribution is 5.95. The molecule has 4 rings (SSSR count). The molecular formula is C22H26N4O3. The summed E-state index contributed by atoms with van der Waals surface area (Å²) < 4.78 is 6.89. The van der Waals surface area contributed by atoms with Gasteiger partial charge in [0, 0.05) is 18.4 Å². The summed E-state index contributed by atoms with van der Waals surface area (Å²) in [6, 6.07) is 9.70. The van der Waals surface area contributed by atoms with Crippen LogP contribution >= 0.6 is 0 Å². The van der Waals surface area contributed by atoms with Crippen LogP contribution in [-0.4, -0.2) is 39.8 Å². The maximum Gasteiger partial charge on any atom is 0.285 e. The average Bonchev–Trinajstić information content (AvgIpc) is 3.05. The number of carbonyl (C=O) groups excluding carboxylic acids is 1. The van der Waals surface area contributed by atoms with E-state index in [0.717, 1.165) is 42.5 Å². The van der Waals surface area contributed by atoms with E-state index < -0.39 is 5.91 Å². The lowest BCUT2D eigenvalue weighted by atomic mass is 9.92. The minimum Gasteiger partial charge on any atom is -0.379 e. The molecule has 1 aromatic carbocycles. The van der Waals surface area contributed by atoms with E-state index in [9.17, 15) is 9.59 Å². The van der Waals surface area contributed by atoms with Gasteiger partial charge in [-0.2, -0.15) is 0 Å². The summed E-state index contributed by atoms with van der Waals surface area (Å²) in [6.07, 6.45) is 3.86. The number of amides is 1. The normalized spacial score (nSPS) is 19.4. The second-order valence-electron chi connectivity index (χ2n) is 7.65. The number of nitrogens with zero attached hydrogens (tertiary/aromatic N) is 2. The molecular weight excluding hydrogens is 368 g/mol. The van der Waals surface area contributed by atoms with Crippen LogP contribution < -0.4 is 10.9 Å². The van der Waals surface area contributed by atoms with Gasteiger partial charge in [0.1, 0.15) is 5.56 Å². The maximum atomic E-state index is 13.2. The number of hydrogen-bond acceptors (Lipinski definition) is 4. The van der Waals surface area contributed by atoms with E-state index in [4.69, 9.17) is 4.74 Å². The van der Waals surface area contributed by atoms with Crippen LogP contribution in [0.15, 0.2) is 35.1 Å². The van der Waals surface area contributed by atoms with Crippen molar-refractivity contribution in [1.29, 1.82) is 0 Å². The van der Waals surface area contributed by atoms with Crippen LogP contribution in [0.1, 0.15) is 47.4 Å². The summed E-state index contributed by atoms with van der Waals surface area (Å²) >= 11 is 0. The number of rotatable bonds is 4. The van der Waals surface area contributed by atoms with E-state index in [-0.39, 0.29) is 23.3 Å². The Kier molecular flexibility index (Phi) is 5.24. The number of aromatic amines is 1. The van der Waals surface area contributed by atoms with Crippen molar-refractivity contribution in [3.8, 4) is 11.1 Å². The van der Waals surface area contributed by atoms with Crippen molar-refractivity contribution in [3.05, 3.63) is 57.6 Å². The lowest BCUT2D eigenvalue weighted by Crippen LogP contribution is -2.47. The summed E-state index contributed by atoms with van der Waals surface area (Å²) in [5.74, 6) is -0.392. The fraction of sp³-hybridized carbons (Fsp3) is 0.409. The van der Waals surface area contributed by atoms with Gasteiger partial charge in [0.2, 0.25) is 0 Å². The van der Waals surface area contributed by atoms with Crippen LogP contribution in [0.25, 0.3) is 16.8 Å². The fourth-order valence-corrected chi connectivity index (χ4v) is 4.29. The molecule has 1 amide bonds. The Balaban J connectivity index is 1.75. The monoisotopic (exact) mass is 394 g/mol. The third kappa shape index (κ3) is 3.46. The van der Waals surface area contributed by atoms with Crippen LogP contribution in [0, 0.1) is 13.8 Å². The molecule has 152 valence electrons. The predicted octanol–water partition coefficient (Wildman–Crippen LogP) is 2.99. The van der Waals surface area contributed by atoms with Gasteiger partial charge in [-0.15, -0.1) is 0 Å². The second-order valence-corrected chi connectivity index (χ2v) is 7.65. The highest BCUT2D eigenvalue weighted by Crippen LogP contribution is 2.26. The van der Waals surface area contributed by atoms with Crippen molar-refractivity contribution in [3.63, 3.8) is 0 Å². The van der Waals surface area contributed by atoms with E-state index in [1.54, 1.807) is 14.0 Å². The highest BCUT2D eigenvalue weighted by Gasteiger charge is 2.29. The zero-order valence-corrected chi connectivity index (χ0v) is 17.0. The molecule has 7 nitrogen and oxygen atoms in total. The molecule has 1 saturated carbocycles. The number of hydrogen-bond donors (Lipinski definition) is 2. The Morgan fingerprint density at radius 3 is 2.66 bits per heavy atom. The van der Waals surface area contributed by atoms with Gasteiger partial charge in [-0.3, -0.25) is 14.7 Å². The average molecular weight is 394 g/mol. The molecule has 0 radical (unpaired) electrons. The molecule has 1 aliphatic carbocycles. The standard InChI is InChI=1S/C22H26N4O3/c1-13-19(21(27)24-16-11-7-8-12-17(16)29-3)22(28)26-20(23-13)18(14(2)25-26)15-9-5-4-6-10-15/h4-6,9-10,16-17,25H,7-8,11-12H2,1-3H3,(H,24,27). The second kappa shape index (κ2) is 7.83. The first kappa shape index (κ1) is 19.4. The van der Waals surface area contributed by atoms with Crippen molar-refractivity contribution in [1.82, 2.24) is 19.9 Å². The molecule has 0 saturated heterocycles. The third-order valence-corrected chi connectivity index (χ3v) is 5.75. The molecule has 2 N–H and O–H groups in total. The number of methoxy groups -OCH3 is 1. The first-order chi connectivity index (χ1) is 14.0. The van der Waals surface area contributed by atoms with Gasteiger partial charge in [-0.1, -0.05) is 43.2 Å². The molecule has 0 aliphatic heterocycles. The molecule has 1 fully saturated rings. The van der Waals surface area contributed by atoms with Gasteiger partial charge in [0.15, 0.2) is 5.65 Å². The predicted molar refractivity (Wildman–Crippen MR) is 111 cm³/mol. The molecule has 7 heteroatoms. The Morgan fingerprint density at radius 1 is 1.21 bits per heavy atom. The number of aryl methyl sites for hydroxylation is 2. The van der Waals surface area contributed by atoms with Gasteiger partial charge < -0.3 is 10.1 Å². The van der Waals surface area contributed by atoms with Crippen LogP contribution in [0.2, 0.25) is 0 Å². The van der Waals surface area contributed by atoms with E-state index >= 15 is 0 Å². The van der Waals surface area contributed by atoms with Crippen LogP contribution in [0.3, 0.4) is 0 Å². The smallest absolute Gasteiger partial charge is 0.285 e. The van der Waals surface area contributed by atoms with Crippen molar-refractivity contribution in [2.24, 2.45) is 0 Å². The molecule has 0 spiro atoms. The molecule has 2 atom stereocenters. The molecule has 2 unspecified atom stereocenters. The minimum atomic E-state index is -0.392. The Bertz CT molecular complexity index is 1100. The molecule has 29 heavy (non-hydrogen) atoms. The first-order valence-electron chi connectivity index (χ1n) is 10.0. The summed E-state index contributed by atoms with van der Waals surface area (Å²) in [7, 11) is 1.66. The van der Waals surface area contributed by atoms with Gasteiger partial charge in [0.25, 0.3) is 11.5 Å². The topological polar surface area (TPSA) is 88.5 Å². The molecule has 2 heterocycles. The largest absolute Gasteiger partial charge is 0.379 e. The van der Waals surface area contributed by atoms with Crippen molar-refractivity contribution < 1.29 is 9.53 Å². The Hall–Kier alpha value is -2.93. The minimum absolute atomic E-state index is 0.0233. The first-order valence-corrected chi connectivity index (χ1v) is 10.0. The van der Waals surface area contributed by atoms with E-state index in [0.29, 0.717) is 11.3 Å². The number of aromatic nitrogens is 3. The molecule has 1 aliphatic rings. The number of H-pyrrole nitrogens is 1. The third-order valence-electron chi connectivity index (χ3n) is 5.75. The van der Waals surface area contributed by atoms with Crippen LogP contribution in [0.4, 0.5) is 0 Å². The van der Waals surface area contributed by atoms with Gasteiger partial charge in [-0.25, -0.2) is 9.50 Å². The highest BCUT2D eigenvalue weighted by atomic mass is 16.5. The summed E-state index contributed by atoms with van der Waals surface area (Å²) in [6.45, 7) is 3.61. The number of nitrogens with one attached hydrogen (secondary N) is 2. The summed E-state index contributed by atoms with van der Waals surface area (Å²) in [5, 5.41) is 6.08. The molecule has 0 bridgehead atoms. The zero-order valence-electron chi connectivity index (χ0n) is 17.0. The van der Waals surface area contributed by atoms with Crippen LogP contribution in [-0.2, 0) is 4.74 Å². The van der Waals surface area contributed by atoms with Gasteiger partial charge in [0.05, 0.1) is 17.8 Å². The van der Waals surface area contributed by atoms with E-state index in [2.05, 4.69) is 15.4 Å². The van der Waals surface area contributed by atoms with E-state index in [1.807, 2.05) is 37.3 Å². The van der Waals surface area contributed by atoms with E-state index in [1.165, 1.54) is 4.52 Å². The number of carbonyl (C=O) groups is 1. The Labute approximate surface area is 169 Å². The quantitative estimate of drug-likeness (QED) is 0.712. The zero-order chi connectivity index (χ0) is 20.5. The van der Waals surface area contributed by atoms with Crippen molar-refractivity contribution in [2.45, 2.75) is 51.7 Å². The summed E-state index contributed by atoms with van der Waals surface area (Å²) in [4.78, 5) is 30.8. The fourth-order valence-electron chi connectivity index (χ4n) is 4.29. The lowest BCUT2D eigenvalue weighted by Gasteiger charge is -2.31. The number of fused-ring (bicyclic) bond motifs is 1. The molecule has 2 aromatic heterocycles. The summed E-state index contributed by atoms with van der Waals surface area (Å²) in [5.41, 5.74) is 3.30. The van der Waals surface area contributed by atoms with Gasteiger partial charge >= 0.3 is 0 Å². The van der Waals surface area contributed by atoms with Crippen molar-refractivity contribution in [2.75, 3.05) is 7.11 Å².